The average molecular weight is 387 g/mol. The van der Waals surface area contributed by atoms with E-state index in [0.717, 1.165) is 9.87 Å². The highest BCUT2D eigenvalue weighted by atomic mass is 32.2. The van der Waals surface area contributed by atoms with Gasteiger partial charge in [0.25, 0.3) is 5.71 Å². The highest BCUT2D eigenvalue weighted by Gasteiger charge is 2.38. The molecule has 0 saturated carbocycles. The minimum Gasteiger partial charge on any atom is -0.480 e. The lowest BCUT2D eigenvalue weighted by molar-refractivity contribution is -0.142. The Hall–Kier alpha value is -2.78. The molecule has 2 aromatic heterocycles. The molecule has 1 atom stereocenters. The van der Waals surface area contributed by atoms with Gasteiger partial charge in [-0.05, 0) is 25.3 Å². The second-order valence-corrected chi connectivity index (χ2v) is 8.28. The first-order valence-corrected chi connectivity index (χ1v) is 9.98. The van der Waals surface area contributed by atoms with Crippen molar-refractivity contribution in [3.8, 4) is 11.3 Å². The maximum atomic E-state index is 13.1. The molecule has 1 aliphatic rings. The van der Waals surface area contributed by atoms with Crippen molar-refractivity contribution in [1.29, 1.82) is 0 Å². The number of aromatic nitrogens is 2. The molecule has 0 amide bonds. The van der Waals surface area contributed by atoms with Crippen molar-refractivity contribution in [3.63, 3.8) is 0 Å². The Balaban J connectivity index is 1.80. The normalized spacial score (nSPS) is 18.6. The van der Waals surface area contributed by atoms with Crippen molar-refractivity contribution >= 4 is 27.1 Å². The lowest BCUT2D eigenvalue weighted by Gasteiger charge is -2.31. The van der Waals surface area contributed by atoms with Crippen molar-refractivity contribution in [2.75, 3.05) is 6.54 Å². The highest BCUT2D eigenvalue weighted by Crippen LogP contribution is 2.31. The zero-order chi connectivity index (χ0) is 19.0. The van der Waals surface area contributed by atoms with Gasteiger partial charge in [-0.3, -0.25) is 4.79 Å². The summed E-state index contributed by atoms with van der Waals surface area (Å²) in [5.74, 6) is -1.14. The fraction of sp³-hybridized carbons (Fsp3) is 0.278. The number of carbonyl (C=O) groups is 1. The monoisotopic (exact) mass is 387 g/mol. The summed E-state index contributed by atoms with van der Waals surface area (Å²) in [6.07, 6.45) is 2.79. The van der Waals surface area contributed by atoms with Crippen LogP contribution in [0.3, 0.4) is 0 Å². The molecular formula is C18H17N3O5S. The topological polar surface area (TPSA) is 114 Å². The van der Waals surface area contributed by atoms with Gasteiger partial charge in [0.2, 0.25) is 10.0 Å². The SMILES string of the molecule is O=C(O)C1CCCCN1S(=O)(=O)c1cnc2onc(-c3ccccc3)c2c1. The number of piperidine rings is 1. The van der Waals surface area contributed by atoms with Gasteiger partial charge in [-0.15, -0.1) is 0 Å². The number of aliphatic carboxylic acids is 1. The van der Waals surface area contributed by atoms with Gasteiger partial charge in [0.05, 0.1) is 11.6 Å². The zero-order valence-electron chi connectivity index (χ0n) is 14.3. The van der Waals surface area contributed by atoms with Gasteiger partial charge in [-0.2, -0.15) is 4.31 Å². The van der Waals surface area contributed by atoms with E-state index in [2.05, 4.69) is 10.1 Å². The first-order valence-electron chi connectivity index (χ1n) is 8.54. The third kappa shape index (κ3) is 3.08. The third-order valence-corrected chi connectivity index (χ3v) is 6.57. The largest absolute Gasteiger partial charge is 0.480 e. The minimum atomic E-state index is -4.00. The van der Waals surface area contributed by atoms with Gasteiger partial charge in [0.1, 0.15) is 16.6 Å². The predicted molar refractivity (Wildman–Crippen MR) is 96.4 cm³/mol. The minimum absolute atomic E-state index is 0.0662. The fourth-order valence-electron chi connectivity index (χ4n) is 3.33. The smallest absolute Gasteiger partial charge is 0.322 e. The molecule has 3 heterocycles. The van der Waals surface area contributed by atoms with E-state index in [4.69, 9.17) is 4.52 Å². The van der Waals surface area contributed by atoms with Crippen LogP contribution in [0.2, 0.25) is 0 Å². The van der Waals surface area contributed by atoms with Gasteiger partial charge in [0, 0.05) is 12.1 Å². The molecule has 0 spiro atoms. The highest BCUT2D eigenvalue weighted by molar-refractivity contribution is 7.89. The Labute approximate surface area is 155 Å². The molecule has 0 bridgehead atoms. The molecule has 1 aliphatic heterocycles. The van der Waals surface area contributed by atoms with Crippen LogP contribution in [-0.4, -0.2) is 46.5 Å². The third-order valence-electron chi connectivity index (χ3n) is 4.70. The maximum Gasteiger partial charge on any atom is 0.322 e. The number of fused-ring (bicyclic) bond motifs is 1. The number of benzene rings is 1. The molecule has 27 heavy (non-hydrogen) atoms. The zero-order valence-corrected chi connectivity index (χ0v) is 15.1. The van der Waals surface area contributed by atoms with Crippen molar-refractivity contribution in [1.82, 2.24) is 14.4 Å². The molecule has 8 nitrogen and oxygen atoms in total. The van der Waals surface area contributed by atoms with Crippen LogP contribution in [0.5, 0.6) is 0 Å². The molecule has 3 aromatic rings. The Morgan fingerprint density at radius 1 is 1.22 bits per heavy atom. The van der Waals surface area contributed by atoms with Gasteiger partial charge >= 0.3 is 5.97 Å². The summed E-state index contributed by atoms with van der Waals surface area (Å²) in [5, 5.41) is 13.9. The van der Waals surface area contributed by atoms with Gasteiger partial charge in [0.15, 0.2) is 0 Å². The molecule has 0 aliphatic carbocycles. The Morgan fingerprint density at radius 3 is 2.74 bits per heavy atom. The molecule has 140 valence electrons. The number of rotatable bonds is 4. The summed E-state index contributed by atoms with van der Waals surface area (Å²) in [5.41, 5.74) is 1.48. The molecule has 0 radical (unpaired) electrons. The Kier molecular flexibility index (Phi) is 4.40. The summed E-state index contributed by atoms with van der Waals surface area (Å²) in [4.78, 5) is 15.5. The lowest BCUT2D eigenvalue weighted by Crippen LogP contribution is -2.47. The molecule has 1 fully saturated rings. The summed E-state index contributed by atoms with van der Waals surface area (Å²) >= 11 is 0. The molecule has 1 saturated heterocycles. The van der Waals surface area contributed by atoms with E-state index in [1.54, 1.807) is 0 Å². The molecule has 1 N–H and O–H groups in total. The van der Waals surface area contributed by atoms with E-state index >= 15 is 0 Å². The van der Waals surface area contributed by atoms with Crippen LogP contribution in [0.15, 0.2) is 52.0 Å². The van der Waals surface area contributed by atoms with E-state index in [-0.39, 0.29) is 17.2 Å². The second-order valence-electron chi connectivity index (χ2n) is 6.39. The number of hydrogen-bond acceptors (Lipinski definition) is 6. The van der Waals surface area contributed by atoms with E-state index in [9.17, 15) is 18.3 Å². The summed E-state index contributed by atoms with van der Waals surface area (Å²) in [6, 6.07) is 9.61. The lowest BCUT2D eigenvalue weighted by atomic mass is 10.1. The average Bonchev–Trinajstić information content (AvgIpc) is 3.12. The van der Waals surface area contributed by atoms with Crippen molar-refractivity contribution in [2.24, 2.45) is 0 Å². The van der Waals surface area contributed by atoms with Crippen molar-refractivity contribution in [2.45, 2.75) is 30.2 Å². The van der Waals surface area contributed by atoms with Crippen LogP contribution in [-0.2, 0) is 14.8 Å². The summed E-state index contributed by atoms with van der Waals surface area (Å²) in [6.45, 7) is 0.173. The summed E-state index contributed by atoms with van der Waals surface area (Å²) < 4.78 is 32.4. The van der Waals surface area contributed by atoms with E-state index in [1.165, 1.54) is 12.3 Å². The molecular weight excluding hydrogens is 370 g/mol. The van der Waals surface area contributed by atoms with Crippen LogP contribution in [0.4, 0.5) is 0 Å². The van der Waals surface area contributed by atoms with Crippen LogP contribution >= 0.6 is 0 Å². The van der Waals surface area contributed by atoms with E-state index < -0.39 is 22.0 Å². The van der Waals surface area contributed by atoms with Crippen molar-refractivity contribution < 1.29 is 22.8 Å². The first-order chi connectivity index (χ1) is 13.0. The first kappa shape index (κ1) is 17.6. The van der Waals surface area contributed by atoms with Gasteiger partial charge in [-0.25, -0.2) is 13.4 Å². The van der Waals surface area contributed by atoms with Crippen LogP contribution in [0.1, 0.15) is 19.3 Å². The number of carboxylic acid groups (broad SMARTS) is 1. The number of hydrogen-bond donors (Lipinski definition) is 1. The van der Waals surface area contributed by atoms with E-state index in [1.807, 2.05) is 30.3 Å². The Bertz CT molecular complexity index is 1090. The van der Waals surface area contributed by atoms with E-state index in [0.29, 0.717) is 30.3 Å². The standard InChI is InChI=1S/C18H17N3O5S/c22-18(23)15-8-4-5-9-21(15)27(24,25)13-10-14-16(12-6-2-1-3-7-12)20-26-17(14)19-11-13/h1-3,6-7,10-11,15H,4-5,8-9H2,(H,22,23). The predicted octanol–water partition coefficient (Wildman–Crippen LogP) is 2.52. The maximum absolute atomic E-state index is 13.1. The fourth-order valence-corrected chi connectivity index (χ4v) is 4.96. The van der Waals surface area contributed by atoms with Crippen molar-refractivity contribution in [3.05, 3.63) is 42.6 Å². The number of pyridine rings is 1. The van der Waals surface area contributed by atoms with Crippen LogP contribution in [0, 0.1) is 0 Å². The Morgan fingerprint density at radius 2 is 2.00 bits per heavy atom. The second kappa shape index (κ2) is 6.75. The van der Waals surface area contributed by atoms with Crippen LogP contribution < -0.4 is 0 Å². The van der Waals surface area contributed by atoms with Gasteiger partial charge < -0.3 is 9.63 Å². The number of sulfonamides is 1. The van der Waals surface area contributed by atoms with Crippen LogP contribution in [0.25, 0.3) is 22.4 Å². The molecule has 1 aromatic carbocycles. The molecule has 1 unspecified atom stereocenters. The summed E-state index contributed by atoms with van der Waals surface area (Å²) in [7, 11) is -4.00. The quantitative estimate of drug-likeness (QED) is 0.731. The molecule has 9 heteroatoms. The molecule has 4 rings (SSSR count). The number of carboxylic acids is 1. The van der Waals surface area contributed by atoms with Gasteiger partial charge in [-0.1, -0.05) is 35.5 Å². The number of nitrogens with zero attached hydrogens (tertiary/aromatic N) is 3.